The second-order valence-electron chi connectivity index (χ2n) is 3.20. The molecule has 2 N–H and O–H groups in total. The van der Waals surface area contributed by atoms with Crippen LogP contribution in [0.2, 0.25) is 0 Å². The third-order valence-corrected chi connectivity index (χ3v) is 1.99. The maximum atomic E-state index is 10.6. The fourth-order valence-electron chi connectivity index (χ4n) is 1.17. The third kappa shape index (κ3) is 3.48. The standard InChI is InChI=1S/C10H14N2O4/c1-15-4-5-16-7-8-2-3-9(11)10(6-8)12(13)14/h2-3,6H,4-5,7,11H2,1H3. The van der Waals surface area contributed by atoms with E-state index in [2.05, 4.69) is 0 Å². The molecule has 1 aromatic carbocycles. The summed E-state index contributed by atoms with van der Waals surface area (Å²) in [5.41, 5.74) is 6.25. The van der Waals surface area contributed by atoms with E-state index in [0.717, 1.165) is 5.56 Å². The number of rotatable bonds is 6. The predicted molar refractivity (Wildman–Crippen MR) is 59.0 cm³/mol. The van der Waals surface area contributed by atoms with Crippen LogP contribution >= 0.6 is 0 Å². The Kier molecular flexibility index (Phi) is 4.68. The zero-order chi connectivity index (χ0) is 12.0. The van der Waals surface area contributed by atoms with Crippen molar-refractivity contribution >= 4 is 11.4 Å². The van der Waals surface area contributed by atoms with Gasteiger partial charge in [0.2, 0.25) is 0 Å². The number of methoxy groups -OCH3 is 1. The van der Waals surface area contributed by atoms with Crippen molar-refractivity contribution in [2.75, 3.05) is 26.1 Å². The van der Waals surface area contributed by atoms with Gasteiger partial charge in [0.25, 0.3) is 5.69 Å². The molecule has 1 aromatic rings. The Hall–Kier alpha value is -1.66. The van der Waals surface area contributed by atoms with Gasteiger partial charge in [0.05, 0.1) is 24.7 Å². The van der Waals surface area contributed by atoms with E-state index >= 15 is 0 Å². The van der Waals surface area contributed by atoms with Gasteiger partial charge >= 0.3 is 0 Å². The SMILES string of the molecule is COCCOCc1ccc(N)c([N+](=O)[O-])c1. The number of nitrogen functional groups attached to an aromatic ring is 1. The summed E-state index contributed by atoms with van der Waals surface area (Å²) in [6.07, 6.45) is 0. The number of nitrogens with two attached hydrogens (primary N) is 1. The highest BCUT2D eigenvalue weighted by Gasteiger charge is 2.11. The number of ether oxygens (including phenoxy) is 2. The molecule has 88 valence electrons. The fraction of sp³-hybridized carbons (Fsp3) is 0.400. The number of hydrogen-bond donors (Lipinski definition) is 1. The van der Waals surface area contributed by atoms with E-state index in [0.29, 0.717) is 19.8 Å². The highest BCUT2D eigenvalue weighted by molar-refractivity contribution is 5.59. The molecule has 0 saturated carbocycles. The molecule has 1 rings (SSSR count). The summed E-state index contributed by atoms with van der Waals surface area (Å²) in [4.78, 5) is 10.1. The summed E-state index contributed by atoms with van der Waals surface area (Å²) < 4.78 is 10.1. The van der Waals surface area contributed by atoms with Crippen LogP contribution < -0.4 is 5.73 Å². The van der Waals surface area contributed by atoms with E-state index in [4.69, 9.17) is 15.2 Å². The van der Waals surface area contributed by atoms with E-state index in [1.54, 1.807) is 13.2 Å². The molecule has 0 aliphatic heterocycles. The Bertz CT molecular complexity index is 368. The summed E-state index contributed by atoms with van der Waals surface area (Å²) in [6.45, 7) is 1.26. The Morgan fingerprint density at radius 1 is 1.44 bits per heavy atom. The molecule has 0 aromatic heterocycles. The van der Waals surface area contributed by atoms with E-state index in [1.165, 1.54) is 12.1 Å². The molecule has 0 spiro atoms. The normalized spacial score (nSPS) is 10.3. The van der Waals surface area contributed by atoms with Crippen molar-refractivity contribution in [3.05, 3.63) is 33.9 Å². The van der Waals surface area contributed by atoms with Crippen LogP contribution in [0.4, 0.5) is 11.4 Å². The third-order valence-electron chi connectivity index (χ3n) is 1.99. The number of nitrogens with zero attached hydrogens (tertiary/aromatic N) is 1. The Morgan fingerprint density at radius 2 is 2.19 bits per heavy atom. The maximum Gasteiger partial charge on any atom is 0.292 e. The molecular formula is C10H14N2O4. The van der Waals surface area contributed by atoms with E-state index < -0.39 is 4.92 Å². The highest BCUT2D eigenvalue weighted by atomic mass is 16.6. The van der Waals surface area contributed by atoms with Crippen LogP contribution in [-0.2, 0) is 16.1 Å². The molecule has 0 heterocycles. The average Bonchev–Trinajstić information content (AvgIpc) is 2.26. The summed E-state index contributed by atoms with van der Waals surface area (Å²) in [5, 5.41) is 10.6. The molecule has 16 heavy (non-hydrogen) atoms. The topological polar surface area (TPSA) is 87.6 Å². The predicted octanol–water partition coefficient (Wildman–Crippen LogP) is 1.34. The van der Waals surface area contributed by atoms with E-state index in [-0.39, 0.29) is 11.4 Å². The fourth-order valence-corrected chi connectivity index (χ4v) is 1.17. The lowest BCUT2D eigenvalue weighted by molar-refractivity contribution is -0.384. The quantitative estimate of drug-likeness (QED) is 0.342. The zero-order valence-corrected chi connectivity index (χ0v) is 9.01. The van der Waals surface area contributed by atoms with Crippen molar-refractivity contribution in [2.24, 2.45) is 0 Å². The Balaban J connectivity index is 2.61. The van der Waals surface area contributed by atoms with Gasteiger partial charge in [-0.25, -0.2) is 0 Å². The molecular weight excluding hydrogens is 212 g/mol. The van der Waals surface area contributed by atoms with Crippen molar-refractivity contribution < 1.29 is 14.4 Å². The lowest BCUT2D eigenvalue weighted by Crippen LogP contribution is -2.03. The number of benzene rings is 1. The number of anilines is 1. The minimum atomic E-state index is -0.506. The minimum Gasteiger partial charge on any atom is -0.393 e. The van der Waals surface area contributed by atoms with Crippen LogP contribution in [0, 0.1) is 10.1 Å². The highest BCUT2D eigenvalue weighted by Crippen LogP contribution is 2.22. The van der Waals surface area contributed by atoms with Crippen LogP contribution in [0.5, 0.6) is 0 Å². The summed E-state index contributed by atoms with van der Waals surface area (Å²) in [6, 6.07) is 4.63. The van der Waals surface area contributed by atoms with Gasteiger partial charge < -0.3 is 15.2 Å². The van der Waals surface area contributed by atoms with E-state index in [1.807, 2.05) is 0 Å². The lowest BCUT2D eigenvalue weighted by Gasteiger charge is -2.04. The molecule has 6 nitrogen and oxygen atoms in total. The van der Waals surface area contributed by atoms with Gasteiger partial charge in [0, 0.05) is 13.2 Å². The summed E-state index contributed by atoms with van der Waals surface area (Å²) in [7, 11) is 1.58. The zero-order valence-electron chi connectivity index (χ0n) is 9.01. The van der Waals surface area contributed by atoms with Gasteiger partial charge in [0.1, 0.15) is 5.69 Å². The number of nitro benzene ring substituents is 1. The molecule has 0 unspecified atom stereocenters. The van der Waals surface area contributed by atoms with Crippen LogP contribution in [-0.4, -0.2) is 25.2 Å². The lowest BCUT2D eigenvalue weighted by atomic mass is 10.2. The second kappa shape index (κ2) is 6.04. The molecule has 0 aliphatic carbocycles. The van der Waals surface area contributed by atoms with Gasteiger partial charge in [-0.1, -0.05) is 6.07 Å². The van der Waals surface area contributed by atoms with Gasteiger partial charge in [-0.2, -0.15) is 0 Å². The van der Waals surface area contributed by atoms with Crippen molar-refractivity contribution in [1.82, 2.24) is 0 Å². The minimum absolute atomic E-state index is 0.0900. The van der Waals surface area contributed by atoms with Gasteiger partial charge in [-0.05, 0) is 11.6 Å². The molecule has 0 amide bonds. The van der Waals surface area contributed by atoms with Crippen molar-refractivity contribution in [2.45, 2.75) is 6.61 Å². The smallest absolute Gasteiger partial charge is 0.292 e. The molecule has 0 aliphatic rings. The number of hydrogen-bond acceptors (Lipinski definition) is 5. The molecule has 0 atom stereocenters. The first-order valence-electron chi connectivity index (χ1n) is 4.74. The Labute approximate surface area is 93.1 Å². The molecule has 0 radical (unpaired) electrons. The van der Waals surface area contributed by atoms with Crippen LogP contribution in [0.15, 0.2) is 18.2 Å². The van der Waals surface area contributed by atoms with Crippen molar-refractivity contribution in [1.29, 1.82) is 0 Å². The van der Waals surface area contributed by atoms with Crippen LogP contribution in [0.1, 0.15) is 5.56 Å². The van der Waals surface area contributed by atoms with Crippen molar-refractivity contribution in [3.8, 4) is 0 Å². The maximum absolute atomic E-state index is 10.6. The monoisotopic (exact) mass is 226 g/mol. The number of nitro groups is 1. The van der Waals surface area contributed by atoms with Gasteiger partial charge in [0.15, 0.2) is 0 Å². The van der Waals surface area contributed by atoms with Gasteiger partial charge in [-0.15, -0.1) is 0 Å². The van der Waals surface area contributed by atoms with Gasteiger partial charge in [-0.3, -0.25) is 10.1 Å². The summed E-state index contributed by atoms with van der Waals surface area (Å²) >= 11 is 0. The summed E-state index contributed by atoms with van der Waals surface area (Å²) in [5.74, 6) is 0. The van der Waals surface area contributed by atoms with E-state index in [9.17, 15) is 10.1 Å². The molecule has 0 bridgehead atoms. The first kappa shape index (κ1) is 12.4. The Morgan fingerprint density at radius 3 is 2.81 bits per heavy atom. The first-order valence-corrected chi connectivity index (χ1v) is 4.74. The molecule has 6 heteroatoms. The molecule has 0 fully saturated rings. The second-order valence-corrected chi connectivity index (χ2v) is 3.20. The molecule has 0 saturated heterocycles. The average molecular weight is 226 g/mol. The largest absolute Gasteiger partial charge is 0.393 e. The van der Waals surface area contributed by atoms with Crippen LogP contribution in [0.25, 0.3) is 0 Å². The first-order chi connectivity index (χ1) is 7.65. The van der Waals surface area contributed by atoms with Crippen LogP contribution in [0.3, 0.4) is 0 Å². The van der Waals surface area contributed by atoms with Crippen molar-refractivity contribution in [3.63, 3.8) is 0 Å².